The largest absolute Gasteiger partial charge is 0.494 e. The number of rotatable bonds is 9. The van der Waals surface area contributed by atoms with Crippen molar-refractivity contribution in [2.24, 2.45) is 4.99 Å². The Morgan fingerprint density at radius 3 is 2.65 bits per heavy atom. The number of nitrogens with two attached hydrogens (primary N) is 1. The normalized spacial score (nSPS) is 14.9. The Labute approximate surface area is 233 Å². The van der Waals surface area contributed by atoms with Gasteiger partial charge in [-0.25, -0.2) is 14.1 Å². The Morgan fingerprint density at radius 1 is 1.10 bits per heavy atom. The Kier molecular flexibility index (Phi) is 8.40. The van der Waals surface area contributed by atoms with Crippen LogP contribution < -0.4 is 10.5 Å². The van der Waals surface area contributed by atoms with Crippen LogP contribution in [0.3, 0.4) is 0 Å². The molecule has 1 aromatic carbocycles. The van der Waals surface area contributed by atoms with Gasteiger partial charge in [0.1, 0.15) is 5.75 Å². The second kappa shape index (κ2) is 12.3. The van der Waals surface area contributed by atoms with Crippen molar-refractivity contribution in [3.05, 3.63) is 82.9 Å². The lowest BCUT2D eigenvalue weighted by Crippen LogP contribution is -2.33. The molecule has 3 aromatic heterocycles. The smallest absolute Gasteiger partial charge is 0.152 e. The molecule has 0 saturated carbocycles. The van der Waals surface area contributed by atoms with E-state index in [2.05, 4.69) is 35.4 Å². The Hall–Kier alpha value is -4.25. The molecule has 1 fully saturated rings. The molecule has 0 amide bonds. The lowest BCUT2D eigenvalue weighted by molar-refractivity contribution is 0.201. The highest BCUT2D eigenvalue weighted by Gasteiger charge is 2.26. The van der Waals surface area contributed by atoms with E-state index in [4.69, 9.17) is 10.5 Å². The summed E-state index contributed by atoms with van der Waals surface area (Å²) < 4.78 is 21.8. The minimum absolute atomic E-state index is 0.179. The molecule has 1 aliphatic rings. The standard InChI is InChI=1S/C29H34FN9O/c1-4-40-24-8-9-26(25(30)15-24)33-19(2)27-20(3)34-36-29(28(27)31)21-10-13-38(14-11-21)16-23-18-39(37-35-23)17-22-7-5-6-12-32-22/h5-9,12,15,18,21H,4,10-11,13-14,16-17H2,1-3H3,(H2,31,34). The van der Waals surface area contributed by atoms with Gasteiger partial charge in [-0.05, 0) is 71.0 Å². The molecule has 11 heteroatoms. The van der Waals surface area contributed by atoms with Gasteiger partial charge in [0.25, 0.3) is 0 Å². The van der Waals surface area contributed by atoms with Gasteiger partial charge in [-0.1, -0.05) is 11.3 Å². The van der Waals surface area contributed by atoms with Crippen LogP contribution in [0.2, 0.25) is 0 Å². The molecule has 10 nitrogen and oxygen atoms in total. The number of hydrogen-bond donors (Lipinski definition) is 1. The number of hydrogen-bond acceptors (Lipinski definition) is 9. The number of halogens is 1. The molecule has 1 saturated heterocycles. The number of aromatic nitrogens is 6. The van der Waals surface area contributed by atoms with Crippen LogP contribution in [0.15, 0.2) is 53.8 Å². The van der Waals surface area contributed by atoms with Gasteiger partial charge in [-0.15, -0.1) is 5.10 Å². The zero-order valence-corrected chi connectivity index (χ0v) is 23.1. The second-order valence-corrected chi connectivity index (χ2v) is 9.98. The van der Waals surface area contributed by atoms with E-state index in [9.17, 15) is 4.39 Å². The third-order valence-electron chi connectivity index (χ3n) is 7.09. The van der Waals surface area contributed by atoms with Crippen LogP contribution in [0.4, 0.5) is 15.8 Å². The minimum atomic E-state index is -0.451. The third-order valence-corrected chi connectivity index (χ3v) is 7.09. The number of benzene rings is 1. The van der Waals surface area contributed by atoms with Gasteiger partial charge in [0.15, 0.2) is 5.82 Å². The molecule has 40 heavy (non-hydrogen) atoms. The number of piperidine rings is 1. The molecule has 5 rings (SSSR count). The number of nitrogens with zero attached hydrogens (tertiary/aromatic N) is 8. The fourth-order valence-electron chi connectivity index (χ4n) is 5.12. The quantitative estimate of drug-likeness (QED) is 0.307. The van der Waals surface area contributed by atoms with Crippen LogP contribution in [-0.2, 0) is 13.1 Å². The maximum Gasteiger partial charge on any atom is 0.152 e. The van der Waals surface area contributed by atoms with Crippen LogP contribution in [0, 0.1) is 12.7 Å². The van der Waals surface area contributed by atoms with Crippen molar-refractivity contribution in [1.29, 1.82) is 0 Å². The highest BCUT2D eigenvalue weighted by molar-refractivity contribution is 6.05. The topological polar surface area (TPSA) is 120 Å². The van der Waals surface area contributed by atoms with E-state index in [0.29, 0.717) is 41.6 Å². The summed E-state index contributed by atoms with van der Waals surface area (Å²) >= 11 is 0. The van der Waals surface area contributed by atoms with Gasteiger partial charge in [-0.2, -0.15) is 10.2 Å². The molecule has 208 valence electrons. The van der Waals surface area contributed by atoms with E-state index in [1.54, 1.807) is 18.3 Å². The van der Waals surface area contributed by atoms with E-state index in [0.717, 1.165) is 49.6 Å². The van der Waals surface area contributed by atoms with Crippen molar-refractivity contribution < 1.29 is 9.13 Å². The summed E-state index contributed by atoms with van der Waals surface area (Å²) in [6.07, 6.45) is 5.55. The molecule has 0 atom stereocenters. The van der Waals surface area contributed by atoms with E-state index < -0.39 is 5.82 Å². The van der Waals surface area contributed by atoms with Crippen LogP contribution in [0.5, 0.6) is 5.75 Å². The van der Waals surface area contributed by atoms with E-state index in [1.807, 2.05) is 49.8 Å². The van der Waals surface area contributed by atoms with E-state index in [-0.39, 0.29) is 11.6 Å². The van der Waals surface area contributed by atoms with E-state index in [1.165, 1.54) is 6.07 Å². The highest BCUT2D eigenvalue weighted by Crippen LogP contribution is 2.33. The summed E-state index contributed by atoms with van der Waals surface area (Å²) in [6, 6.07) is 10.5. The predicted octanol–water partition coefficient (Wildman–Crippen LogP) is 4.46. The monoisotopic (exact) mass is 543 g/mol. The lowest BCUT2D eigenvalue weighted by Gasteiger charge is -2.31. The lowest BCUT2D eigenvalue weighted by atomic mass is 9.90. The van der Waals surface area contributed by atoms with Crippen molar-refractivity contribution in [1.82, 2.24) is 35.1 Å². The average molecular weight is 544 g/mol. The summed E-state index contributed by atoms with van der Waals surface area (Å²) in [5, 5.41) is 17.5. The number of aliphatic imine (C=N–C) groups is 1. The first kappa shape index (κ1) is 27.3. The number of aryl methyl sites for hydroxylation is 1. The molecule has 0 aliphatic carbocycles. The maximum atomic E-state index is 14.6. The van der Waals surface area contributed by atoms with Crippen molar-refractivity contribution >= 4 is 17.1 Å². The summed E-state index contributed by atoms with van der Waals surface area (Å²) in [7, 11) is 0. The van der Waals surface area contributed by atoms with Crippen molar-refractivity contribution in [3.63, 3.8) is 0 Å². The van der Waals surface area contributed by atoms with Crippen molar-refractivity contribution in [2.45, 2.75) is 52.6 Å². The molecular formula is C29H34FN9O. The van der Waals surface area contributed by atoms with Gasteiger partial charge in [0.2, 0.25) is 0 Å². The Bertz CT molecular complexity index is 1480. The van der Waals surface area contributed by atoms with Gasteiger partial charge >= 0.3 is 0 Å². The number of ether oxygens (including phenoxy) is 1. The third kappa shape index (κ3) is 6.31. The zero-order valence-electron chi connectivity index (χ0n) is 23.1. The predicted molar refractivity (Wildman–Crippen MR) is 151 cm³/mol. The molecule has 0 radical (unpaired) electrons. The molecule has 4 aromatic rings. The van der Waals surface area contributed by atoms with Gasteiger partial charge in [0, 0.05) is 36.0 Å². The molecule has 0 bridgehead atoms. The van der Waals surface area contributed by atoms with Crippen LogP contribution in [0.1, 0.15) is 60.9 Å². The van der Waals surface area contributed by atoms with Crippen molar-refractivity contribution in [2.75, 3.05) is 25.4 Å². The minimum Gasteiger partial charge on any atom is -0.494 e. The van der Waals surface area contributed by atoms with Crippen LogP contribution >= 0.6 is 0 Å². The Balaban J connectivity index is 1.24. The fourth-order valence-corrected chi connectivity index (χ4v) is 5.12. The zero-order chi connectivity index (χ0) is 28.1. The van der Waals surface area contributed by atoms with Gasteiger partial charge in [-0.3, -0.25) is 9.88 Å². The fraction of sp³-hybridized carbons (Fsp3) is 0.379. The highest BCUT2D eigenvalue weighted by atomic mass is 19.1. The average Bonchev–Trinajstić information content (AvgIpc) is 3.38. The van der Waals surface area contributed by atoms with Crippen molar-refractivity contribution in [3.8, 4) is 5.75 Å². The van der Waals surface area contributed by atoms with Crippen LogP contribution in [-0.4, -0.2) is 60.5 Å². The molecule has 4 heterocycles. The van der Waals surface area contributed by atoms with Gasteiger partial charge in [0.05, 0.1) is 53.5 Å². The molecule has 1 aliphatic heterocycles. The molecule has 0 spiro atoms. The van der Waals surface area contributed by atoms with Crippen LogP contribution in [0.25, 0.3) is 0 Å². The molecular weight excluding hydrogens is 509 g/mol. The first-order valence-electron chi connectivity index (χ1n) is 13.5. The summed E-state index contributed by atoms with van der Waals surface area (Å²) in [5.41, 5.74) is 12.1. The molecule has 2 N–H and O–H groups in total. The van der Waals surface area contributed by atoms with Gasteiger partial charge < -0.3 is 10.5 Å². The Morgan fingerprint density at radius 2 is 1.93 bits per heavy atom. The summed E-state index contributed by atoms with van der Waals surface area (Å²) in [5.74, 6) is 0.200. The summed E-state index contributed by atoms with van der Waals surface area (Å²) in [6.45, 7) is 9.08. The summed E-state index contributed by atoms with van der Waals surface area (Å²) in [4.78, 5) is 11.3. The SMILES string of the molecule is CCOc1ccc(N=C(C)c2c(C)nnc(C3CCN(Cc4cn(Cc5ccccn5)nn4)CC3)c2N)c(F)c1. The number of pyridine rings is 1. The second-order valence-electron chi connectivity index (χ2n) is 9.98. The number of nitrogen functional groups attached to an aromatic ring is 1. The molecule has 0 unspecified atom stereocenters. The maximum absolute atomic E-state index is 14.6. The van der Waals surface area contributed by atoms with E-state index >= 15 is 0 Å². The number of anilines is 1. The number of likely N-dealkylation sites (tertiary alicyclic amines) is 1. The first-order valence-corrected chi connectivity index (χ1v) is 13.5. The first-order chi connectivity index (χ1) is 19.4.